The third kappa shape index (κ3) is 7.38. The number of nitrogens with one attached hydrogen (secondary N) is 1. The van der Waals surface area contributed by atoms with Gasteiger partial charge in [-0.05, 0) is 55.7 Å². The van der Waals surface area contributed by atoms with Crippen LogP contribution in [0.5, 0.6) is 5.75 Å². The lowest BCUT2D eigenvalue weighted by molar-refractivity contribution is -0.145. The summed E-state index contributed by atoms with van der Waals surface area (Å²) in [4.78, 5) is 38.3. The highest BCUT2D eigenvalue weighted by atomic mass is 32.2. The second-order valence-electron chi connectivity index (χ2n) is 7.63. The van der Waals surface area contributed by atoms with Gasteiger partial charge in [0.15, 0.2) is 23.6 Å². The number of aryl methyl sites for hydroxylation is 1. The molecule has 0 saturated carbocycles. The minimum absolute atomic E-state index is 0.00327. The fourth-order valence-corrected chi connectivity index (χ4v) is 4.59. The Hall–Kier alpha value is -3.21. The van der Waals surface area contributed by atoms with E-state index in [1.807, 2.05) is 0 Å². The molecule has 188 valence electrons. The van der Waals surface area contributed by atoms with E-state index in [2.05, 4.69) is 5.32 Å². The van der Waals surface area contributed by atoms with Crippen LogP contribution in [0.1, 0.15) is 25.3 Å². The first-order valence-corrected chi connectivity index (χ1v) is 12.1. The first-order chi connectivity index (χ1) is 16.8. The van der Waals surface area contributed by atoms with Gasteiger partial charge in [0.25, 0.3) is 5.91 Å². The average Bonchev–Trinajstić information content (AvgIpc) is 3.32. The number of halogens is 3. The molecule has 11 heteroatoms. The van der Waals surface area contributed by atoms with Crippen LogP contribution in [0.4, 0.5) is 18.9 Å². The van der Waals surface area contributed by atoms with E-state index >= 15 is 0 Å². The summed E-state index contributed by atoms with van der Waals surface area (Å²) in [6.45, 7) is 2.13. The van der Waals surface area contributed by atoms with Crippen molar-refractivity contribution in [3.8, 4) is 5.75 Å². The summed E-state index contributed by atoms with van der Waals surface area (Å²) in [5.41, 5.74) is 0.490. The lowest BCUT2D eigenvalue weighted by atomic mass is 10.1. The Morgan fingerprint density at radius 3 is 2.51 bits per heavy atom. The molecule has 1 aliphatic rings. The Labute approximate surface area is 205 Å². The first kappa shape index (κ1) is 26.4. The number of carbonyl (C=O) groups excluding carboxylic acids is 3. The highest BCUT2D eigenvalue weighted by molar-refractivity contribution is 8.00. The van der Waals surface area contributed by atoms with Gasteiger partial charge in [-0.2, -0.15) is 0 Å². The molecule has 0 aliphatic carbocycles. The number of benzene rings is 2. The van der Waals surface area contributed by atoms with Crippen molar-refractivity contribution in [2.45, 2.75) is 31.6 Å². The number of anilines is 1. The number of hydrogen-bond acceptors (Lipinski definition) is 6. The van der Waals surface area contributed by atoms with Gasteiger partial charge in [0.05, 0.1) is 6.61 Å². The van der Waals surface area contributed by atoms with E-state index in [4.69, 9.17) is 9.47 Å². The van der Waals surface area contributed by atoms with Crippen LogP contribution in [0.15, 0.2) is 36.4 Å². The van der Waals surface area contributed by atoms with Crippen LogP contribution < -0.4 is 10.1 Å². The topological polar surface area (TPSA) is 84.9 Å². The predicted octanol–water partition coefficient (Wildman–Crippen LogP) is 3.91. The number of esters is 1. The third-order valence-electron chi connectivity index (χ3n) is 5.15. The molecule has 2 aromatic rings. The molecule has 1 atom stereocenters. The zero-order valence-corrected chi connectivity index (χ0v) is 19.8. The molecule has 0 radical (unpaired) electrons. The number of thioether (sulfide) groups is 1. The van der Waals surface area contributed by atoms with Gasteiger partial charge in [0.1, 0.15) is 11.6 Å². The van der Waals surface area contributed by atoms with Crippen LogP contribution in [0, 0.1) is 17.5 Å². The summed E-state index contributed by atoms with van der Waals surface area (Å²) in [7, 11) is 0. The quantitative estimate of drug-likeness (QED) is 0.386. The summed E-state index contributed by atoms with van der Waals surface area (Å²) in [5.74, 6) is -3.37. The number of nitrogens with zero attached hydrogens (tertiary/aromatic N) is 1. The monoisotopic (exact) mass is 510 g/mol. The Kier molecular flexibility index (Phi) is 9.41. The van der Waals surface area contributed by atoms with E-state index in [1.54, 1.807) is 31.2 Å². The van der Waals surface area contributed by atoms with Crippen molar-refractivity contribution in [3.05, 3.63) is 59.4 Å². The minimum atomic E-state index is -1.26. The number of rotatable bonds is 10. The van der Waals surface area contributed by atoms with Gasteiger partial charge >= 0.3 is 5.97 Å². The number of carbonyl (C=O) groups is 3. The predicted molar refractivity (Wildman–Crippen MR) is 124 cm³/mol. The van der Waals surface area contributed by atoms with Crippen LogP contribution in [0.2, 0.25) is 0 Å². The van der Waals surface area contributed by atoms with Gasteiger partial charge in [0.2, 0.25) is 5.91 Å². The van der Waals surface area contributed by atoms with E-state index in [9.17, 15) is 27.6 Å². The summed E-state index contributed by atoms with van der Waals surface area (Å²) in [6.07, 6.45) is 0.329. The highest BCUT2D eigenvalue weighted by Gasteiger charge is 2.34. The highest BCUT2D eigenvalue weighted by Crippen LogP contribution is 2.27. The fourth-order valence-electron chi connectivity index (χ4n) is 3.46. The Morgan fingerprint density at radius 2 is 1.80 bits per heavy atom. The maximum Gasteiger partial charge on any atom is 0.344 e. The lowest BCUT2D eigenvalue weighted by Gasteiger charge is -2.23. The molecule has 0 spiro atoms. The van der Waals surface area contributed by atoms with Gasteiger partial charge in [-0.1, -0.05) is 0 Å². The van der Waals surface area contributed by atoms with Crippen molar-refractivity contribution in [3.63, 3.8) is 0 Å². The molecular formula is C24H25F3N2O5S. The molecule has 0 bridgehead atoms. The van der Waals surface area contributed by atoms with Crippen molar-refractivity contribution in [2.75, 3.05) is 30.8 Å². The zero-order valence-electron chi connectivity index (χ0n) is 19.0. The van der Waals surface area contributed by atoms with Crippen molar-refractivity contribution >= 4 is 35.2 Å². The van der Waals surface area contributed by atoms with E-state index in [0.717, 1.165) is 6.07 Å². The second-order valence-corrected chi connectivity index (χ2v) is 8.82. The van der Waals surface area contributed by atoms with Crippen molar-refractivity contribution in [2.24, 2.45) is 0 Å². The zero-order chi connectivity index (χ0) is 25.4. The number of hydrogen-bond donors (Lipinski definition) is 1. The third-order valence-corrected chi connectivity index (χ3v) is 6.35. The molecule has 2 aromatic carbocycles. The fraction of sp³-hybridized carbons (Fsp3) is 0.375. The summed E-state index contributed by atoms with van der Waals surface area (Å²) in [6, 6.07) is 7.70. The van der Waals surface area contributed by atoms with Gasteiger partial charge < -0.3 is 19.7 Å². The number of amides is 2. The first-order valence-electron chi connectivity index (χ1n) is 11.0. The van der Waals surface area contributed by atoms with Crippen molar-refractivity contribution in [1.82, 2.24) is 4.90 Å². The molecule has 2 amide bonds. The standard InChI is InChI=1S/C24H25F3N2O5S/c1-2-33-22(31)14-34-17-8-6-16(7-9-17)28-23(32)24-29(10-11-35-24)21(30)5-3-4-15-12-19(26)20(27)13-18(15)25/h6-9,12-13,24H,2-5,10-11,14H2,1H3,(H,28,32). The van der Waals surface area contributed by atoms with Crippen LogP contribution in [0.25, 0.3) is 0 Å². The SMILES string of the molecule is CCOC(=O)COc1ccc(NC(=O)C2SCCN2C(=O)CCCc2cc(F)c(F)cc2F)cc1. The van der Waals surface area contributed by atoms with Crippen LogP contribution >= 0.6 is 11.8 Å². The molecular weight excluding hydrogens is 485 g/mol. The second kappa shape index (κ2) is 12.5. The Balaban J connectivity index is 1.49. The minimum Gasteiger partial charge on any atom is -0.482 e. The summed E-state index contributed by atoms with van der Waals surface area (Å²) >= 11 is 1.33. The number of ether oxygens (including phenoxy) is 2. The Bertz CT molecular complexity index is 1070. The van der Waals surface area contributed by atoms with Crippen LogP contribution in [0.3, 0.4) is 0 Å². The molecule has 35 heavy (non-hydrogen) atoms. The van der Waals surface area contributed by atoms with Gasteiger partial charge in [-0.25, -0.2) is 18.0 Å². The maximum atomic E-state index is 13.8. The molecule has 1 unspecified atom stereocenters. The van der Waals surface area contributed by atoms with Gasteiger partial charge in [-0.15, -0.1) is 11.8 Å². The van der Waals surface area contributed by atoms with Crippen LogP contribution in [-0.2, 0) is 25.5 Å². The van der Waals surface area contributed by atoms with Gasteiger partial charge in [-0.3, -0.25) is 9.59 Å². The molecule has 1 N–H and O–H groups in total. The van der Waals surface area contributed by atoms with E-state index in [0.29, 0.717) is 29.8 Å². The normalized spacial score (nSPS) is 15.1. The Morgan fingerprint density at radius 1 is 1.09 bits per heavy atom. The maximum absolute atomic E-state index is 13.8. The molecule has 1 aliphatic heterocycles. The lowest BCUT2D eigenvalue weighted by Crippen LogP contribution is -2.42. The van der Waals surface area contributed by atoms with E-state index in [1.165, 1.54) is 16.7 Å². The molecule has 3 rings (SSSR count). The van der Waals surface area contributed by atoms with Crippen molar-refractivity contribution in [1.29, 1.82) is 0 Å². The molecule has 1 heterocycles. The van der Waals surface area contributed by atoms with E-state index in [-0.39, 0.29) is 49.9 Å². The van der Waals surface area contributed by atoms with Crippen LogP contribution in [-0.4, -0.2) is 53.6 Å². The van der Waals surface area contributed by atoms with Gasteiger partial charge in [0, 0.05) is 30.5 Å². The molecule has 1 saturated heterocycles. The smallest absolute Gasteiger partial charge is 0.344 e. The average molecular weight is 511 g/mol. The largest absolute Gasteiger partial charge is 0.482 e. The molecule has 0 aromatic heterocycles. The van der Waals surface area contributed by atoms with E-state index < -0.39 is 28.8 Å². The summed E-state index contributed by atoms with van der Waals surface area (Å²) < 4.78 is 50.3. The molecule has 1 fully saturated rings. The molecule has 7 nitrogen and oxygen atoms in total. The summed E-state index contributed by atoms with van der Waals surface area (Å²) in [5, 5.41) is 2.03. The van der Waals surface area contributed by atoms with Crippen molar-refractivity contribution < 1.29 is 37.0 Å².